The first-order chi connectivity index (χ1) is 5.97. The van der Waals surface area contributed by atoms with Crippen LogP contribution in [0.5, 0.6) is 0 Å². The van der Waals surface area contributed by atoms with E-state index in [4.69, 9.17) is 4.42 Å². The zero-order chi connectivity index (χ0) is 9.90. The Morgan fingerprint density at radius 1 is 1.43 bits per heavy atom. The van der Waals surface area contributed by atoms with Crippen molar-refractivity contribution in [1.29, 1.82) is 0 Å². The van der Waals surface area contributed by atoms with Crippen molar-refractivity contribution in [2.24, 2.45) is 0 Å². The Kier molecular flexibility index (Phi) is 6.67. The molecule has 0 amide bonds. The molecule has 1 heterocycles. The van der Waals surface area contributed by atoms with Crippen molar-refractivity contribution in [3.8, 4) is 0 Å². The monoisotopic (exact) mass is 231 g/mol. The molecule has 0 radical (unpaired) electrons. The van der Waals surface area contributed by atoms with Crippen LogP contribution in [0, 0.1) is 0 Å². The molecule has 74 valence electrons. The van der Waals surface area contributed by atoms with E-state index in [2.05, 4.69) is 0 Å². The summed E-state index contributed by atoms with van der Waals surface area (Å²) in [4.78, 5) is 1.18. The van der Waals surface area contributed by atoms with Gasteiger partial charge in [0.15, 0.2) is 0 Å². The van der Waals surface area contributed by atoms with Crippen molar-refractivity contribution < 1.29 is 68.7 Å². The topological polar surface area (TPSA) is 16.4 Å². The van der Waals surface area contributed by atoms with Gasteiger partial charge in [-0.25, -0.2) is 0 Å². The predicted molar refractivity (Wildman–Crippen MR) is 44.1 cm³/mol. The maximum atomic E-state index is 11.9. The van der Waals surface area contributed by atoms with Gasteiger partial charge in [0.2, 0.25) is 0 Å². The molecular weight excluding hydrogens is 221 g/mol. The van der Waals surface area contributed by atoms with Crippen LogP contribution < -0.4 is 51.4 Å². The maximum Gasteiger partial charge on any atom is 1.00 e. The molecule has 1 rings (SSSR count). The third kappa shape index (κ3) is 6.26. The Labute approximate surface area is 123 Å². The molecular formula is C7H10BF3KNO. The molecule has 0 bridgehead atoms. The fourth-order valence-electron chi connectivity index (χ4n) is 1.09. The molecule has 0 N–H and O–H groups in total. The van der Waals surface area contributed by atoms with Crippen LogP contribution in [0.3, 0.4) is 0 Å². The number of rotatable bonds is 4. The van der Waals surface area contributed by atoms with E-state index in [0.29, 0.717) is 5.76 Å². The zero-order valence-corrected chi connectivity index (χ0v) is 11.3. The summed E-state index contributed by atoms with van der Waals surface area (Å²) in [6, 6.07) is 3.31. The van der Waals surface area contributed by atoms with Gasteiger partial charge in [-0.3, -0.25) is 0 Å². The molecule has 0 aromatic carbocycles. The van der Waals surface area contributed by atoms with Gasteiger partial charge in [-0.1, -0.05) is 0 Å². The normalized spacial score (nSPS) is 11.5. The average molecular weight is 231 g/mol. The molecule has 0 aliphatic heterocycles. The van der Waals surface area contributed by atoms with E-state index in [1.54, 1.807) is 12.1 Å². The van der Waals surface area contributed by atoms with Crippen LogP contribution in [0.25, 0.3) is 0 Å². The minimum Gasteiger partial charge on any atom is -0.468 e. The van der Waals surface area contributed by atoms with E-state index in [9.17, 15) is 12.9 Å². The van der Waals surface area contributed by atoms with Gasteiger partial charge in [0.25, 0.3) is 0 Å². The number of furan rings is 1. The van der Waals surface area contributed by atoms with Crippen LogP contribution in [0.4, 0.5) is 12.9 Å². The van der Waals surface area contributed by atoms with E-state index in [0.717, 1.165) is 0 Å². The molecule has 1 aromatic heterocycles. The molecule has 0 unspecified atom stereocenters. The minimum atomic E-state index is -4.74. The molecule has 0 saturated carbocycles. The van der Waals surface area contributed by atoms with Gasteiger partial charge < -0.3 is 22.3 Å². The van der Waals surface area contributed by atoms with Gasteiger partial charge in [0.1, 0.15) is 5.76 Å². The Bertz CT molecular complexity index is 252. The van der Waals surface area contributed by atoms with Crippen LogP contribution in [0.15, 0.2) is 22.8 Å². The summed E-state index contributed by atoms with van der Waals surface area (Å²) in [5.41, 5.74) is 0. The molecule has 14 heavy (non-hydrogen) atoms. The summed E-state index contributed by atoms with van der Waals surface area (Å²) < 4.78 is 40.7. The minimum absolute atomic E-state index is 0. The van der Waals surface area contributed by atoms with E-state index in [-0.39, 0.29) is 57.9 Å². The van der Waals surface area contributed by atoms with Gasteiger partial charge >= 0.3 is 58.4 Å². The van der Waals surface area contributed by atoms with Gasteiger partial charge in [-0.2, -0.15) is 0 Å². The van der Waals surface area contributed by atoms with E-state index in [1.807, 2.05) is 0 Å². The first-order valence-electron chi connectivity index (χ1n) is 3.89. The molecule has 1 aromatic rings. The summed E-state index contributed by atoms with van der Waals surface area (Å²) >= 11 is 0. The van der Waals surface area contributed by atoms with Crippen molar-refractivity contribution in [2.75, 3.05) is 13.5 Å². The first kappa shape index (κ1) is 14.7. The van der Waals surface area contributed by atoms with E-state index >= 15 is 0 Å². The van der Waals surface area contributed by atoms with Crippen molar-refractivity contribution in [3.05, 3.63) is 24.2 Å². The van der Waals surface area contributed by atoms with E-state index < -0.39 is 13.4 Å². The number of nitrogens with zero attached hydrogens (tertiary/aromatic N) is 1. The van der Waals surface area contributed by atoms with Crippen LogP contribution in [-0.2, 0) is 6.54 Å². The molecule has 0 atom stereocenters. The van der Waals surface area contributed by atoms with Gasteiger partial charge in [0, 0.05) is 0 Å². The molecule has 0 fully saturated rings. The van der Waals surface area contributed by atoms with Crippen molar-refractivity contribution in [3.63, 3.8) is 0 Å². The zero-order valence-electron chi connectivity index (χ0n) is 8.21. The van der Waals surface area contributed by atoms with Gasteiger partial charge in [-0.15, -0.1) is 0 Å². The van der Waals surface area contributed by atoms with Crippen LogP contribution >= 0.6 is 0 Å². The quantitative estimate of drug-likeness (QED) is 0.624. The van der Waals surface area contributed by atoms with Gasteiger partial charge in [-0.05, 0) is 25.6 Å². The molecule has 0 saturated heterocycles. The largest absolute Gasteiger partial charge is 1.00 e. The third-order valence-electron chi connectivity index (χ3n) is 1.52. The Balaban J connectivity index is 0.00000169. The van der Waals surface area contributed by atoms with Crippen LogP contribution in [0.2, 0.25) is 0 Å². The van der Waals surface area contributed by atoms with Crippen molar-refractivity contribution >= 4 is 6.98 Å². The fourth-order valence-corrected chi connectivity index (χ4v) is 1.09. The molecule has 0 aliphatic carbocycles. The fraction of sp³-hybridized carbons (Fsp3) is 0.429. The second-order valence-corrected chi connectivity index (χ2v) is 2.99. The van der Waals surface area contributed by atoms with Crippen molar-refractivity contribution in [1.82, 2.24) is 4.90 Å². The molecule has 7 heteroatoms. The summed E-state index contributed by atoms with van der Waals surface area (Å²) in [5.74, 6) is 0.544. The standard InChI is InChI=1S/C7H10BF3NO.K/c1-12(6-8(9,10)11)5-7-3-2-4-13-7;/h2-4H,5-6H2,1H3;/q-1;+1. The number of hydrogen-bond acceptors (Lipinski definition) is 2. The van der Waals surface area contributed by atoms with Crippen molar-refractivity contribution in [2.45, 2.75) is 6.54 Å². The van der Waals surface area contributed by atoms with Gasteiger partial charge in [0.05, 0.1) is 12.8 Å². The summed E-state index contributed by atoms with van der Waals surface area (Å²) in [7, 11) is 1.41. The second kappa shape index (κ2) is 6.34. The molecule has 0 aliphatic rings. The average Bonchev–Trinajstić information content (AvgIpc) is 2.34. The summed E-state index contributed by atoms with van der Waals surface area (Å²) in [5, 5.41) is 0. The maximum absolute atomic E-state index is 11.9. The Morgan fingerprint density at radius 3 is 2.50 bits per heavy atom. The van der Waals surface area contributed by atoms with Crippen LogP contribution in [-0.4, -0.2) is 25.4 Å². The summed E-state index contributed by atoms with van der Waals surface area (Å²) in [6.07, 6.45) is 0.586. The number of hydrogen-bond donors (Lipinski definition) is 0. The number of halogens is 3. The smallest absolute Gasteiger partial charge is 0.468 e. The molecule has 2 nitrogen and oxygen atoms in total. The Morgan fingerprint density at radius 2 is 2.07 bits per heavy atom. The summed E-state index contributed by atoms with van der Waals surface area (Å²) in [6.45, 7) is -4.56. The second-order valence-electron chi connectivity index (χ2n) is 2.99. The molecule has 0 spiro atoms. The predicted octanol–water partition coefficient (Wildman–Crippen LogP) is -0.898. The Hall–Kier alpha value is 0.731. The third-order valence-corrected chi connectivity index (χ3v) is 1.52. The van der Waals surface area contributed by atoms with Crippen LogP contribution in [0.1, 0.15) is 5.76 Å². The van der Waals surface area contributed by atoms with E-state index in [1.165, 1.54) is 18.2 Å². The SMILES string of the molecule is CN(Cc1ccco1)C[B-](F)(F)F.[K+]. The first-order valence-corrected chi connectivity index (χ1v) is 3.89.